The van der Waals surface area contributed by atoms with Gasteiger partial charge in [0.2, 0.25) is 11.8 Å². The normalized spacial score (nSPS) is 18.8. The first-order chi connectivity index (χ1) is 43.4. The third-order valence-corrected chi connectivity index (χ3v) is 15.3. The summed E-state index contributed by atoms with van der Waals surface area (Å²) in [6.07, 6.45) is -8.08. The number of carbonyl (C=O) groups is 7. The number of hydrogen-bond acceptors (Lipinski definition) is 17. The minimum atomic E-state index is -1.64. The van der Waals surface area contributed by atoms with Crippen LogP contribution in [-0.4, -0.2) is 137 Å². The molecule has 7 atom stereocenters. The molecular formula is C70H70N2O17. The number of likely N-dealkylation sites (tertiary alicyclic amines) is 1. The van der Waals surface area contributed by atoms with Crippen LogP contribution >= 0.6 is 0 Å². The van der Waals surface area contributed by atoms with E-state index < -0.39 is 84.9 Å². The van der Waals surface area contributed by atoms with Crippen LogP contribution in [0.1, 0.15) is 96.6 Å². The maximum atomic E-state index is 14.7. The zero-order valence-electron chi connectivity index (χ0n) is 49.6. The lowest BCUT2D eigenvalue weighted by Crippen LogP contribution is -2.63. The summed E-state index contributed by atoms with van der Waals surface area (Å²) in [6.45, 7) is -0.650. The van der Waals surface area contributed by atoms with Crippen molar-refractivity contribution in [1.82, 2.24) is 10.2 Å². The van der Waals surface area contributed by atoms with Gasteiger partial charge in [-0.25, -0.2) is 19.2 Å². The molecule has 2 aliphatic heterocycles. The Morgan fingerprint density at radius 2 is 0.966 bits per heavy atom. The quantitative estimate of drug-likeness (QED) is 0.0219. The summed E-state index contributed by atoms with van der Waals surface area (Å²) in [5.41, 5.74) is 1.70. The van der Waals surface area contributed by atoms with Crippen molar-refractivity contribution in [1.29, 1.82) is 0 Å². The first-order valence-corrected chi connectivity index (χ1v) is 29.3. The Labute approximate surface area is 516 Å². The van der Waals surface area contributed by atoms with E-state index >= 15 is 0 Å². The van der Waals surface area contributed by atoms with Crippen LogP contribution in [0.2, 0.25) is 0 Å². The first-order valence-electron chi connectivity index (χ1n) is 29.3. The molecule has 19 nitrogen and oxygen atoms in total. The van der Waals surface area contributed by atoms with E-state index in [-0.39, 0.29) is 92.4 Å². The van der Waals surface area contributed by atoms with E-state index in [2.05, 4.69) is 5.32 Å². The number of unbranched alkanes of at least 4 members (excludes halogenated alkanes) is 1. The van der Waals surface area contributed by atoms with Gasteiger partial charge >= 0.3 is 29.8 Å². The minimum absolute atomic E-state index is 0.0111. The molecule has 2 fully saturated rings. The molecule has 0 aliphatic carbocycles. The monoisotopic (exact) mass is 1210 g/mol. The van der Waals surface area contributed by atoms with Gasteiger partial charge in [-0.3, -0.25) is 14.4 Å². The van der Waals surface area contributed by atoms with Gasteiger partial charge < -0.3 is 57.6 Å². The number of nitrogens with one attached hydrogen (secondary N) is 1. The average Bonchev–Trinajstić information content (AvgIpc) is 1.02. The molecule has 462 valence electrons. The molecule has 0 saturated carbocycles. The first kappa shape index (κ1) is 63.8. The molecular weight excluding hydrogens is 1140 g/mol. The van der Waals surface area contributed by atoms with Gasteiger partial charge in [0.1, 0.15) is 35.9 Å². The van der Waals surface area contributed by atoms with Gasteiger partial charge in [0.15, 0.2) is 24.6 Å². The molecule has 89 heavy (non-hydrogen) atoms. The summed E-state index contributed by atoms with van der Waals surface area (Å²) in [6, 6.07) is 56.5. The van der Waals surface area contributed by atoms with Gasteiger partial charge in [0.05, 0.1) is 62.1 Å². The average molecular weight is 1210 g/mol. The topological polar surface area (TPSA) is 227 Å². The molecule has 1 N–H and O–H groups in total. The third kappa shape index (κ3) is 16.5. The fourth-order valence-electron chi connectivity index (χ4n) is 10.7. The lowest BCUT2D eigenvalue weighted by molar-refractivity contribution is -0.298. The third-order valence-electron chi connectivity index (χ3n) is 15.3. The number of ether oxygens (including phenoxy) is 10. The summed E-state index contributed by atoms with van der Waals surface area (Å²) < 4.78 is 61.7. The fourth-order valence-corrected chi connectivity index (χ4v) is 10.7. The molecule has 0 spiro atoms. The van der Waals surface area contributed by atoms with Crippen LogP contribution in [0.4, 0.5) is 0 Å². The van der Waals surface area contributed by atoms with Crippen molar-refractivity contribution in [3.63, 3.8) is 0 Å². The second kappa shape index (κ2) is 31.3. The second-order valence-electron chi connectivity index (χ2n) is 21.1. The number of amides is 2. The Morgan fingerprint density at radius 3 is 1.46 bits per heavy atom. The maximum absolute atomic E-state index is 14.7. The summed E-state index contributed by atoms with van der Waals surface area (Å²) in [5, 5.41) is 2.52. The molecule has 0 aromatic heterocycles. The van der Waals surface area contributed by atoms with Gasteiger partial charge in [-0.1, -0.05) is 127 Å². The van der Waals surface area contributed by atoms with Gasteiger partial charge in [-0.05, 0) is 102 Å². The largest absolute Gasteiger partial charge is 0.497 e. The van der Waals surface area contributed by atoms with Crippen molar-refractivity contribution in [2.45, 2.75) is 87.0 Å². The zero-order valence-corrected chi connectivity index (χ0v) is 49.6. The molecule has 7 aromatic rings. The van der Waals surface area contributed by atoms with E-state index in [1.165, 1.54) is 43.4 Å². The molecule has 2 amide bonds. The van der Waals surface area contributed by atoms with E-state index in [4.69, 9.17) is 47.4 Å². The number of carbonyl (C=O) groups excluding carboxylic acids is 7. The standard InChI is InChI=1S/C70H70N2O17/c1-71-59(73)40-41-61(75)85-57-43-54(45-84-70(51-29-17-8-18-30-51,52-32-36-55(80-2)37-33-52)53-34-38-56(81-3)39-35-53)72(44-57)60(74)31-19-20-42-82-69-64(89-68(79)50-27-15-7-16-28-50)63(88-67(78)49-25-13-6-14-26-49)62(87-66(77)48-23-11-5-12-24-48)58(86-69)46-83-65(76)47-21-9-4-10-22-47/h4-18,21-30,32-39,54,57-58,62-64,69H,19-20,31,40-46H2,1-3H3,(H,71,73)/t54-,57+,58?,62-,63-,64?,69+/m0/s1. The highest BCUT2D eigenvalue weighted by Crippen LogP contribution is 2.43. The Balaban J connectivity index is 0.978. The highest BCUT2D eigenvalue weighted by atomic mass is 16.7. The Kier molecular flexibility index (Phi) is 22.4. The summed E-state index contributed by atoms with van der Waals surface area (Å²) in [7, 11) is 4.66. The van der Waals surface area contributed by atoms with Crippen molar-refractivity contribution in [3.8, 4) is 11.5 Å². The summed E-state index contributed by atoms with van der Waals surface area (Å²) >= 11 is 0. The number of nitrogens with zero attached hydrogens (tertiary/aromatic N) is 1. The van der Waals surface area contributed by atoms with Gasteiger partial charge in [0.25, 0.3) is 0 Å². The summed E-state index contributed by atoms with van der Waals surface area (Å²) in [5.74, 6) is -3.22. The molecule has 0 radical (unpaired) electrons. The Morgan fingerprint density at radius 1 is 0.506 bits per heavy atom. The fraction of sp³-hybridized carbons (Fsp3) is 0.300. The van der Waals surface area contributed by atoms with Crippen molar-refractivity contribution in [2.24, 2.45) is 0 Å². The smallest absolute Gasteiger partial charge is 0.338 e. The zero-order chi connectivity index (χ0) is 62.5. The highest BCUT2D eigenvalue weighted by Gasteiger charge is 2.54. The molecule has 2 aliphatic rings. The number of benzene rings is 7. The van der Waals surface area contributed by atoms with E-state index in [1.54, 1.807) is 104 Å². The predicted molar refractivity (Wildman–Crippen MR) is 324 cm³/mol. The van der Waals surface area contributed by atoms with Crippen LogP contribution in [0.3, 0.4) is 0 Å². The van der Waals surface area contributed by atoms with Crippen molar-refractivity contribution in [2.75, 3.05) is 47.6 Å². The molecule has 7 aromatic carbocycles. The van der Waals surface area contributed by atoms with Gasteiger partial charge in [-0.15, -0.1) is 0 Å². The second-order valence-corrected chi connectivity index (χ2v) is 21.1. The van der Waals surface area contributed by atoms with Crippen molar-refractivity contribution >= 4 is 41.7 Å². The molecule has 9 rings (SSSR count). The SMILES string of the molecule is CNC(=O)CCC(=O)O[C@@H]1C[C@@H](COC(c2ccccc2)(c2ccc(OC)cc2)c2ccc(OC)cc2)N(C(=O)CCCCO[C@@H]2OC(COC(=O)c3ccccc3)[C@H](OC(=O)c3ccccc3)[C@H](OC(=O)c3ccccc3)C2OC(=O)c2ccccc2)C1. The van der Waals surface area contributed by atoms with Crippen molar-refractivity contribution in [3.05, 3.63) is 239 Å². The van der Waals surface area contributed by atoms with E-state index in [9.17, 15) is 33.6 Å². The molecule has 2 saturated heterocycles. The van der Waals surface area contributed by atoms with E-state index in [0.717, 1.165) is 16.7 Å². The van der Waals surface area contributed by atoms with Gasteiger partial charge in [-0.2, -0.15) is 0 Å². The lowest BCUT2D eigenvalue weighted by Gasteiger charge is -2.44. The Hall–Kier alpha value is -9.69. The highest BCUT2D eigenvalue weighted by molar-refractivity contribution is 5.92. The summed E-state index contributed by atoms with van der Waals surface area (Å²) in [4.78, 5) is 97.6. The van der Waals surface area contributed by atoms with Crippen LogP contribution < -0.4 is 14.8 Å². The van der Waals surface area contributed by atoms with Crippen LogP contribution in [0, 0.1) is 0 Å². The Bertz CT molecular complexity index is 3400. The molecule has 2 heterocycles. The van der Waals surface area contributed by atoms with Gasteiger partial charge in [0, 0.05) is 32.9 Å². The molecule has 2 unspecified atom stereocenters. The van der Waals surface area contributed by atoms with Crippen LogP contribution in [0.5, 0.6) is 11.5 Å². The minimum Gasteiger partial charge on any atom is -0.497 e. The number of esters is 5. The van der Waals surface area contributed by atoms with Crippen LogP contribution in [-0.2, 0) is 57.9 Å². The van der Waals surface area contributed by atoms with Crippen LogP contribution in [0.15, 0.2) is 200 Å². The van der Waals surface area contributed by atoms with E-state index in [0.29, 0.717) is 11.5 Å². The molecule has 0 bridgehead atoms. The number of methoxy groups -OCH3 is 2. The lowest BCUT2D eigenvalue weighted by atomic mass is 9.80. The predicted octanol–water partition coefficient (Wildman–Crippen LogP) is 9.50. The maximum Gasteiger partial charge on any atom is 0.338 e. The van der Waals surface area contributed by atoms with Crippen LogP contribution in [0.25, 0.3) is 0 Å². The molecule has 19 heteroatoms. The van der Waals surface area contributed by atoms with E-state index in [1.807, 2.05) is 78.9 Å². The number of hydrogen-bond donors (Lipinski definition) is 1. The number of rotatable bonds is 27. The van der Waals surface area contributed by atoms with Crippen molar-refractivity contribution < 1.29 is 80.9 Å².